The number of H-pyrrole nitrogens is 1. The molecule has 1 aliphatic heterocycles. The Bertz CT molecular complexity index is 404. The lowest BCUT2D eigenvalue weighted by Crippen LogP contribution is -2.58. The van der Waals surface area contributed by atoms with Gasteiger partial charge in [-0.25, -0.2) is 5.01 Å². The van der Waals surface area contributed by atoms with Crippen molar-refractivity contribution in [2.45, 2.75) is 70.6 Å². The van der Waals surface area contributed by atoms with E-state index in [1.165, 1.54) is 56.3 Å². The lowest BCUT2D eigenvalue weighted by molar-refractivity contribution is -0.745. The molecule has 0 saturated carbocycles. The highest BCUT2D eigenvalue weighted by Gasteiger charge is 2.29. The predicted octanol–water partition coefficient (Wildman–Crippen LogP) is 3.11. The molecule has 112 valence electrons. The summed E-state index contributed by atoms with van der Waals surface area (Å²) in [5.74, 6) is 0. The molecule has 0 spiro atoms. The molecule has 2 rings (SSSR count). The molecule has 0 aromatic carbocycles. The van der Waals surface area contributed by atoms with E-state index in [1.54, 1.807) is 6.33 Å². The third kappa shape index (κ3) is 4.23. The van der Waals surface area contributed by atoms with Crippen molar-refractivity contribution in [3.8, 4) is 0 Å². The van der Waals surface area contributed by atoms with Crippen LogP contribution in [0.4, 0.5) is 0 Å². The Morgan fingerprint density at radius 3 is 2.75 bits per heavy atom. The maximum Gasteiger partial charge on any atom is 0.312 e. The number of tetrazole rings is 1. The predicted molar refractivity (Wildman–Crippen MR) is 82.5 cm³/mol. The van der Waals surface area contributed by atoms with Crippen molar-refractivity contribution < 1.29 is 4.79 Å². The van der Waals surface area contributed by atoms with Crippen LogP contribution < -0.4 is 9.80 Å². The second kappa shape index (κ2) is 8.29. The van der Waals surface area contributed by atoms with Gasteiger partial charge < -0.3 is 0 Å². The molecule has 6 heteroatoms. The van der Waals surface area contributed by atoms with E-state index >= 15 is 0 Å². The number of thioether (sulfide) groups is 1. The average molecular weight is 296 g/mol. The Kier molecular flexibility index (Phi) is 6.36. The van der Waals surface area contributed by atoms with E-state index in [4.69, 9.17) is 0 Å². The van der Waals surface area contributed by atoms with Gasteiger partial charge in [-0.15, -0.1) is 11.8 Å². The number of allylic oxidation sites excluding steroid dienone is 1. The molecule has 1 aliphatic rings. The summed E-state index contributed by atoms with van der Waals surface area (Å²) in [6.07, 6.45) is 14.1. The van der Waals surface area contributed by atoms with Crippen molar-refractivity contribution in [3.05, 3.63) is 17.4 Å². The van der Waals surface area contributed by atoms with Crippen LogP contribution in [0.1, 0.15) is 65.2 Å². The normalized spacial score (nSPS) is 18.6. The Balaban J connectivity index is 1.94. The molecule has 1 N–H and O–H groups in total. The SMILES string of the molecule is CCCCCC1=CN([n+]2cnn[nH]2)C(CCCCC)S1. The van der Waals surface area contributed by atoms with Crippen molar-refractivity contribution in [1.82, 2.24) is 15.5 Å². The lowest BCUT2D eigenvalue weighted by atomic mass is 10.2. The van der Waals surface area contributed by atoms with Crippen molar-refractivity contribution in [2.24, 2.45) is 0 Å². The molecule has 0 radical (unpaired) electrons. The monoisotopic (exact) mass is 296 g/mol. The first-order valence-corrected chi connectivity index (χ1v) is 8.66. The van der Waals surface area contributed by atoms with E-state index in [0.29, 0.717) is 5.37 Å². The molecule has 0 saturated heterocycles. The fraction of sp³-hybridized carbons (Fsp3) is 0.786. The van der Waals surface area contributed by atoms with Crippen LogP contribution in [0.15, 0.2) is 17.4 Å². The van der Waals surface area contributed by atoms with Gasteiger partial charge in [0.25, 0.3) is 0 Å². The molecule has 5 nitrogen and oxygen atoms in total. The molecule has 0 aliphatic carbocycles. The standard InChI is InChI=1S/C14H25N5S/c1-3-5-7-9-13-11-18(19-12-15-16-17-19)14(20-13)10-8-6-4-2/h11-12,14H,3-10H2,1-2H3/p+1. The molecule has 20 heavy (non-hydrogen) atoms. The van der Waals surface area contributed by atoms with Crippen LogP contribution >= 0.6 is 11.8 Å². The number of unbranched alkanes of at least 4 members (excludes halogenated alkanes) is 4. The van der Waals surface area contributed by atoms with Gasteiger partial charge in [-0.1, -0.05) is 50.7 Å². The number of rotatable bonds is 9. The van der Waals surface area contributed by atoms with Crippen LogP contribution in [0.3, 0.4) is 0 Å². The molecule has 1 aromatic rings. The minimum Gasteiger partial charge on any atom is -0.208 e. The summed E-state index contributed by atoms with van der Waals surface area (Å²) in [6, 6.07) is 0. The Labute approximate surface area is 125 Å². The van der Waals surface area contributed by atoms with Gasteiger partial charge in [0.2, 0.25) is 0 Å². The Morgan fingerprint density at radius 1 is 1.25 bits per heavy atom. The van der Waals surface area contributed by atoms with Crippen molar-refractivity contribution in [2.75, 3.05) is 5.01 Å². The van der Waals surface area contributed by atoms with Gasteiger partial charge in [0.05, 0.1) is 0 Å². The summed E-state index contributed by atoms with van der Waals surface area (Å²) in [4.78, 5) is 3.37. The molecule has 2 heterocycles. The first-order chi connectivity index (χ1) is 9.85. The van der Waals surface area contributed by atoms with Crippen LogP contribution in [0.5, 0.6) is 0 Å². The van der Waals surface area contributed by atoms with E-state index in [-0.39, 0.29) is 0 Å². The zero-order valence-electron chi connectivity index (χ0n) is 12.6. The first-order valence-electron chi connectivity index (χ1n) is 7.78. The molecular weight excluding hydrogens is 270 g/mol. The van der Waals surface area contributed by atoms with E-state index < -0.39 is 0 Å². The summed E-state index contributed by atoms with van der Waals surface area (Å²) < 4.78 is 0. The minimum absolute atomic E-state index is 0.477. The van der Waals surface area contributed by atoms with E-state index in [0.717, 1.165) is 0 Å². The van der Waals surface area contributed by atoms with E-state index in [2.05, 4.69) is 40.6 Å². The van der Waals surface area contributed by atoms with Crippen LogP contribution in [-0.4, -0.2) is 20.9 Å². The largest absolute Gasteiger partial charge is 0.312 e. The maximum absolute atomic E-state index is 3.88. The van der Waals surface area contributed by atoms with Gasteiger partial charge in [-0.2, -0.15) is 0 Å². The van der Waals surface area contributed by atoms with E-state index in [1.807, 2.05) is 16.6 Å². The number of nitrogens with one attached hydrogen (secondary N) is 1. The Hall–Kier alpha value is -1.04. The van der Waals surface area contributed by atoms with Crippen LogP contribution in [0.25, 0.3) is 0 Å². The zero-order chi connectivity index (χ0) is 14.2. The Morgan fingerprint density at radius 2 is 2.05 bits per heavy atom. The fourth-order valence-electron chi connectivity index (χ4n) is 2.41. The number of aromatic nitrogens is 4. The highest BCUT2D eigenvalue weighted by atomic mass is 32.2. The third-order valence-electron chi connectivity index (χ3n) is 3.55. The average Bonchev–Trinajstić information content (AvgIpc) is 3.08. The maximum atomic E-state index is 3.88. The third-order valence-corrected chi connectivity index (χ3v) is 4.89. The van der Waals surface area contributed by atoms with Crippen molar-refractivity contribution in [3.63, 3.8) is 0 Å². The number of hydrogen-bond donors (Lipinski definition) is 1. The highest BCUT2D eigenvalue weighted by Crippen LogP contribution is 2.35. The molecule has 1 aromatic heterocycles. The summed E-state index contributed by atoms with van der Waals surface area (Å²) >= 11 is 2.01. The number of nitrogens with zero attached hydrogens (tertiary/aromatic N) is 4. The molecule has 0 amide bonds. The highest BCUT2D eigenvalue weighted by molar-refractivity contribution is 8.04. The van der Waals surface area contributed by atoms with Crippen molar-refractivity contribution in [1.29, 1.82) is 0 Å². The van der Waals surface area contributed by atoms with Crippen LogP contribution in [0, 0.1) is 0 Å². The summed E-state index contributed by atoms with van der Waals surface area (Å²) in [5.41, 5.74) is 0. The summed E-state index contributed by atoms with van der Waals surface area (Å²) in [7, 11) is 0. The number of hydrogen-bond acceptors (Lipinski definition) is 4. The summed E-state index contributed by atoms with van der Waals surface area (Å²) in [5, 5.41) is 13.3. The van der Waals surface area contributed by atoms with Gasteiger partial charge in [-0.3, -0.25) is 0 Å². The zero-order valence-corrected chi connectivity index (χ0v) is 13.4. The fourth-order valence-corrected chi connectivity index (χ4v) is 3.74. The summed E-state index contributed by atoms with van der Waals surface area (Å²) in [6.45, 7) is 4.50. The van der Waals surface area contributed by atoms with Crippen molar-refractivity contribution >= 4 is 11.8 Å². The van der Waals surface area contributed by atoms with Gasteiger partial charge >= 0.3 is 6.33 Å². The van der Waals surface area contributed by atoms with Gasteiger partial charge in [0.1, 0.15) is 10.5 Å². The second-order valence-corrected chi connectivity index (χ2v) is 6.58. The van der Waals surface area contributed by atoms with Crippen LogP contribution in [0.2, 0.25) is 0 Å². The topological polar surface area (TPSA) is 48.7 Å². The van der Waals surface area contributed by atoms with Crippen LogP contribution in [-0.2, 0) is 0 Å². The molecule has 1 unspecified atom stereocenters. The van der Waals surface area contributed by atoms with E-state index in [9.17, 15) is 0 Å². The lowest BCUT2D eigenvalue weighted by Gasteiger charge is -2.19. The smallest absolute Gasteiger partial charge is 0.208 e. The number of aromatic amines is 1. The van der Waals surface area contributed by atoms with Gasteiger partial charge in [-0.05, 0) is 24.5 Å². The molecule has 0 fully saturated rings. The molecule has 0 bridgehead atoms. The second-order valence-electron chi connectivity index (χ2n) is 5.28. The van der Waals surface area contributed by atoms with Gasteiger partial charge in [0.15, 0.2) is 5.21 Å². The molecule has 1 atom stereocenters. The van der Waals surface area contributed by atoms with Gasteiger partial charge in [0, 0.05) is 11.1 Å². The first kappa shape index (κ1) is 15.4. The molecular formula is C14H26N5S+. The quantitative estimate of drug-likeness (QED) is 0.562. The minimum atomic E-state index is 0.477.